The maximum Gasteiger partial charge on any atom is 0.300 e. The minimum Gasteiger partial charge on any atom is -0.507 e. The molecule has 7 heteroatoms. The number of para-hydroxylation sites is 2. The summed E-state index contributed by atoms with van der Waals surface area (Å²) in [7, 11) is 0. The molecule has 1 fully saturated rings. The molecular weight excluding hydrogens is 409 g/mol. The Morgan fingerprint density at radius 1 is 0.933 bits per heavy atom. The van der Waals surface area contributed by atoms with Gasteiger partial charge in [-0.15, -0.1) is 0 Å². The molecule has 5 nitrogen and oxygen atoms in total. The van der Waals surface area contributed by atoms with E-state index in [9.17, 15) is 24.2 Å². The van der Waals surface area contributed by atoms with Crippen LogP contribution < -0.4 is 4.90 Å². The maximum atomic E-state index is 13.5. The van der Waals surface area contributed by atoms with Gasteiger partial charge in [0.25, 0.3) is 11.7 Å². The van der Waals surface area contributed by atoms with Gasteiger partial charge < -0.3 is 10.2 Å². The lowest BCUT2D eigenvalue weighted by Crippen LogP contribution is -2.29. The fourth-order valence-electron chi connectivity index (χ4n) is 3.47. The first-order valence-electron chi connectivity index (χ1n) is 8.99. The van der Waals surface area contributed by atoms with Crippen molar-refractivity contribution in [2.24, 2.45) is 0 Å². The molecule has 2 N–H and O–H groups in total. The number of aromatic hydroxyl groups is 1. The third-order valence-corrected chi connectivity index (χ3v) is 5.14. The monoisotopic (exact) mass is 423 g/mol. The lowest BCUT2D eigenvalue weighted by molar-refractivity contribution is -0.132. The van der Waals surface area contributed by atoms with E-state index < -0.39 is 29.3 Å². The summed E-state index contributed by atoms with van der Waals surface area (Å²) in [5.41, 5.74) is 0.623. The molecule has 1 saturated heterocycles. The first-order chi connectivity index (χ1) is 14.4. The molecule has 1 amide bonds. The van der Waals surface area contributed by atoms with Crippen molar-refractivity contribution in [1.29, 1.82) is 0 Å². The second-order valence-corrected chi connectivity index (χ2v) is 7.15. The average molecular weight is 424 g/mol. The molecule has 4 rings (SSSR count). The molecule has 3 aromatic rings. The molecule has 1 aliphatic heterocycles. The van der Waals surface area contributed by atoms with Gasteiger partial charge in [0.1, 0.15) is 17.3 Å². The van der Waals surface area contributed by atoms with Crippen molar-refractivity contribution in [3.63, 3.8) is 0 Å². The van der Waals surface area contributed by atoms with Crippen LogP contribution in [0, 0.1) is 5.82 Å². The van der Waals surface area contributed by atoms with Gasteiger partial charge in [-0.3, -0.25) is 14.5 Å². The number of hydrogen-bond donors (Lipinski definition) is 2. The van der Waals surface area contributed by atoms with Crippen LogP contribution in [-0.4, -0.2) is 21.9 Å². The highest BCUT2D eigenvalue weighted by atomic mass is 35.5. The largest absolute Gasteiger partial charge is 0.507 e. The minimum absolute atomic E-state index is 0.101. The number of benzene rings is 3. The number of ketones is 1. The van der Waals surface area contributed by atoms with E-state index in [1.54, 1.807) is 24.3 Å². The van der Waals surface area contributed by atoms with Crippen molar-refractivity contribution >= 4 is 34.7 Å². The van der Waals surface area contributed by atoms with Crippen LogP contribution in [-0.2, 0) is 9.59 Å². The summed E-state index contributed by atoms with van der Waals surface area (Å²) in [6.07, 6.45) is 0. The third kappa shape index (κ3) is 3.31. The standard InChI is InChI=1S/C23H15ClFNO4/c24-15-9-5-14(6-10-15)21(28)19-20(13-7-11-16(25)12-8-13)26(23(30)22(19)29)17-3-1-2-4-18(17)27/h1-12,20,27-28H/b21-19+. The number of phenolic OH excluding ortho intramolecular Hbond substituents is 1. The molecule has 0 spiro atoms. The van der Waals surface area contributed by atoms with Crippen molar-refractivity contribution < 1.29 is 24.2 Å². The van der Waals surface area contributed by atoms with Crippen LogP contribution in [0.1, 0.15) is 17.2 Å². The quantitative estimate of drug-likeness (QED) is 0.360. The highest BCUT2D eigenvalue weighted by molar-refractivity contribution is 6.52. The van der Waals surface area contributed by atoms with Crippen molar-refractivity contribution in [1.82, 2.24) is 0 Å². The number of hydrogen-bond acceptors (Lipinski definition) is 4. The highest BCUT2D eigenvalue weighted by Gasteiger charge is 2.47. The smallest absolute Gasteiger partial charge is 0.300 e. The van der Waals surface area contributed by atoms with Gasteiger partial charge in [-0.05, 0) is 54.1 Å². The Morgan fingerprint density at radius 2 is 1.57 bits per heavy atom. The lowest BCUT2D eigenvalue weighted by atomic mass is 9.95. The summed E-state index contributed by atoms with van der Waals surface area (Å²) >= 11 is 5.90. The summed E-state index contributed by atoms with van der Waals surface area (Å²) in [5, 5.41) is 21.7. The number of rotatable bonds is 3. The van der Waals surface area contributed by atoms with E-state index in [2.05, 4.69) is 0 Å². The van der Waals surface area contributed by atoms with Gasteiger partial charge in [-0.25, -0.2) is 4.39 Å². The van der Waals surface area contributed by atoms with E-state index in [0.717, 1.165) is 4.90 Å². The third-order valence-electron chi connectivity index (χ3n) is 4.89. The molecule has 3 aromatic carbocycles. The molecule has 30 heavy (non-hydrogen) atoms. The molecule has 150 valence electrons. The van der Waals surface area contributed by atoms with Crippen LogP contribution >= 0.6 is 11.6 Å². The normalized spacial score (nSPS) is 18.1. The van der Waals surface area contributed by atoms with Gasteiger partial charge in [-0.1, -0.05) is 35.9 Å². The van der Waals surface area contributed by atoms with Gasteiger partial charge in [0.15, 0.2) is 0 Å². The maximum absolute atomic E-state index is 13.5. The predicted molar refractivity (Wildman–Crippen MR) is 111 cm³/mol. The van der Waals surface area contributed by atoms with Crippen LogP contribution in [0.4, 0.5) is 10.1 Å². The molecule has 0 aliphatic carbocycles. The molecule has 1 heterocycles. The summed E-state index contributed by atoms with van der Waals surface area (Å²) in [6, 6.07) is 16.4. The van der Waals surface area contributed by atoms with Crippen LogP contribution in [0.2, 0.25) is 5.02 Å². The molecular formula is C23H15ClFNO4. The summed E-state index contributed by atoms with van der Waals surface area (Å²) < 4.78 is 13.5. The van der Waals surface area contributed by atoms with E-state index in [1.165, 1.54) is 48.5 Å². The second kappa shape index (κ2) is 7.65. The summed E-state index contributed by atoms with van der Waals surface area (Å²) in [4.78, 5) is 27.0. The number of nitrogens with zero attached hydrogens (tertiary/aromatic N) is 1. The van der Waals surface area contributed by atoms with Crippen molar-refractivity contribution in [2.75, 3.05) is 4.90 Å². The van der Waals surface area contributed by atoms with E-state index in [0.29, 0.717) is 16.1 Å². The first-order valence-corrected chi connectivity index (χ1v) is 9.36. The van der Waals surface area contributed by atoms with E-state index in [-0.39, 0.29) is 17.0 Å². The van der Waals surface area contributed by atoms with Crippen LogP contribution in [0.3, 0.4) is 0 Å². The number of phenols is 1. The fourth-order valence-corrected chi connectivity index (χ4v) is 3.60. The average Bonchev–Trinajstić information content (AvgIpc) is 3.00. The number of carbonyl (C=O) groups is 2. The first kappa shape index (κ1) is 19.7. The van der Waals surface area contributed by atoms with Crippen LogP contribution in [0.15, 0.2) is 78.4 Å². The van der Waals surface area contributed by atoms with Crippen molar-refractivity contribution in [2.45, 2.75) is 6.04 Å². The Labute approximate surface area is 176 Å². The van der Waals surface area contributed by atoms with Gasteiger partial charge in [-0.2, -0.15) is 0 Å². The second-order valence-electron chi connectivity index (χ2n) is 6.72. The number of halogens is 2. The molecule has 1 atom stereocenters. The SMILES string of the molecule is O=C1C(=O)N(c2ccccc2O)C(c2ccc(F)cc2)/C1=C(\O)c1ccc(Cl)cc1. The topological polar surface area (TPSA) is 77.8 Å². The molecule has 0 saturated carbocycles. The number of Topliss-reactive ketones (excluding diaryl/α,β-unsaturated/α-hetero) is 1. The van der Waals surface area contributed by atoms with Gasteiger partial charge in [0.05, 0.1) is 17.3 Å². The number of aliphatic hydroxyl groups is 1. The van der Waals surface area contributed by atoms with Gasteiger partial charge in [0.2, 0.25) is 0 Å². The van der Waals surface area contributed by atoms with Crippen molar-refractivity contribution in [3.05, 3.63) is 100 Å². The molecule has 1 aliphatic rings. The Balaban J connectivity index is 1.96. The number of amides is 1. The Kier molecular flexibility index (Phi) is 5.01. The van der Waals surface area contributed by atoms with E-state index in [1.807, 2.05) is 0 Å². The zero-order chi connectivity index (χ0) is 21.4. The van der Waals surface area contributed by atoms with Crippen LogP contribution in [0.25, 0.3) is 5.76 Å². The number of anilines is 1. The highest BCUT2D eigenvalue weighted by Crippen LogP contribution is 2.44. The Bertz CT molecular complexity index is 1170. The number of aliphatic hydroxyl groups excluding tert-OH is 1. The number of carbonyl (C=O) groups excluding carboxylic acids is 2. The van der Waals surface area contributed by atoms with Gasteiger partial charge >= 0.3 is 0 Å². The molecule has 0 bridgehead atoms. The Morgan fingerprint density at radius 3 is 2.20 bits per heavy atom. The summed E-state index contributed by atoms with van der Waals surface area (Å²) in [6.45, 7) is 0. The Hall–Kier alpha value is -3.64. The minimum atomic E-state index is -1.06. The zero-order valence-electron chi connectivity index (χ0n) is 15.4. The van der Waals surface area contributed by atoms with E-state index >= 15 is 0 Å². The fraction of sp³-hybridized carbons (Fsp3) is 0.0435. The predicted octanol–water partition coefficient (Wildman–Crippen LogP) is 4.81. The lowest BCUT2D eigenvalue weighted by Gasteiger charge is -2.26. The van der Waals surface area contributed by atoms with Gasteiger partial charge in [0, 0.05) is 10.6 Å². The zero-order valence-corrected chi connectivity index (χ0v) is 16.2. The van der Waals surface area contributed by atoms with E-state index in [4.69, 9.17) is 11.6 Å². The molecule has 1 unspecified atom stereocenters. The van der Waals surface area contributed by atoms with Crippen molar-refractivity contribution in [3.8, 4) is 5.75 Å². The summed E-state index contributed by atoms with van der Waals surface area (Å²) in [5.74, 6) is -2.92. The van der Waals surface area contributed by atoms with Crippen LogP contribution in [0.5, 0.6) is 5.75 Å². The molecule has 0 radical (unpaired) electrons. The molecule has 0 aromatic heterocycles.